The van der Waals surface area contributed by atoms with Crippen molar-refractivity contribution in [2.24, 2.45) is 23.5 Å². The van der Waals surface area contributed by atoms with E-state index in [0.29, 0.717) is 0 Å². The summed E-state index contributed by atoms with van der Waals surface area (Å²) in [6.07, 6.45) is 3.80. The van der Waals surface area contributed by atoms with Gasteiger partial charge in [0.15, 0.2) is 0 Å². The third-order valence-corrected chi connectivity index (χ3v) is 3.77. The second-order valence-electron chi connectivity index (χ2n) is 5.49. The van der Waals surface area contributed by atoms with E-state index >= 15 is 0 Å². The second kappa shape index (κ2) is 6.73. The molecule has 0 aromatic heterocycles. The fraction of sp³-hybridized carbons (Fsp3) is 0.846. The Labute approximate surface area is 108 Å². The summed E-state index contributed by atoms with van der Waals surface area (Å²) in [4.78, 5) is 23.0. The van der Waals surface area contributed by atoms with Gasteiger partial charge in [-0.1, -0.05) is 26.7 Å². The number of nitrogens with one attached hydrogen (secondary N) is 1. The lowest BCUT2D eigenvalue weighted by Crippen LogP contribution is -2.46. The van der Waals surface area contributed by atoms with Gasteiger partial charge < -0.3 is 16.2 Å². The summed E-state index contributed by atoms with van der Waals surface area (Å²) in [5, 5.41) is 11.8. The Balaban J connectivity index is 2.46. The second-order valence-corrected chi connectivity index (χ2v) is 5.49. The number of rotatable bonds is 5. The van der Waals surface area contributed by atoms with Crippen molar-refractivity contribution >= 4 is 11.9 Å². The van der Waals surface area contributed by atoms with E-state index in [0.717, 1.165) is 25.7 Å². The fourth-order valence-corrected chi connectivity index (χ4v) is 2.43. The molecule has 18 heavy (non-hydrogen) atoms. The van der Waals surface area contributed by atoms with Gasteiger partial charge in [-0.25, -0.2) is 0 Å². The predicted molar refractivity (Wildman–Crippen MR) is 68.9 cm³/mol. The number of hydrogen-bond donors (Lipinski definition) is 3. The van der Waals surface area contributed by atoms with E-state index in [1.165, 1.54) is 0 Å². The lowest BCUT2D eigenvalue weighted by molar-refractivity contribution is -0.143. The molecule has 104 valence electrons. The lowest BCUT2D eigenvalue weighted by atomic mass is 9.84. The minimum Gasteiger partial charge on any atom is -0.481 e. The first-order valence-corrected chi connectivity index (χ1v) is 6.69. The van der Waals surface area contributed by atoms with E-state index in [2.05, 4.69) is 5.32 Å². The van der Waals surface area contributed by atoms with Gasteiger partial charge in [0.25, 0.3) is 0 Å². The number of amides is 1. The average Bonchev–Trinajstić information content (AvgIpc) is 2.28. The molecule has 1 saturated carbocycles. The zero-order valence-corrected chi connectivity index (χ0v) is 11.2. The van der Waals surface area contributed by atoms with Gasteiger partial charge in [-0.2, -0.15) is 0 Å². The monoisotopic (exact) mass is 256 g/mol. The van der Waals surface area contributed by atoms with Crippen LogP contribution in [0.4, 0.5) is 0 Å². The Kier molecular flexibility index (Phi) is 5.59. The van der Waals surface area contributed by atoms with Crippen LogP contribution in [0.5, 0.6) is 0 Å². The van der Waals surface area contributed by atoms with Crippen LogP contribution in [0.15, 0.2) is 0 Å². The van der Waals surface area contributed by atoms with Gasteiger partial charge in [0.1, 0.15) is 0 Å². The van der Waals surface area contributed by atoms with Crippen molar-refractivity contribution in [2.75, 3.05) is 6.54 Å². The molecule has 1 aliphatic rings. The molecule has 0 aromatic rings. The Bertz CT molecular complexity index is 305. The van der Waals surface area contributed by atoms with E-state index in [9.17, 15) is 9.59 Å². The normalized spacial score (nSPS) is 25.8. The molecule has 4 N–H and O–H groups in total. The van der Waals surface area contributed by atoms with E-state index in [4.69, 9.17) is 10.8 Å². The summed E-state index contributed by atoms with van der Waals surface area (Å²) in [6.45, 7) is 3.88. The standard InChI is InChI=1S/C13H24N2O3/c1-8(2)10(13(17)18)7-15-12(16)9-5-3-4-6-11(9)14/h8-11H,3-7,14H2,1-2H3,(H,15,16)(H,17,18). The Morgan fingerprint density at radius 1 is 1.33 bits per heavy atom. The number of carbonyl (C=O) groups is 2. The van der Waals surface area contributed by atoms with Crippen molar-refractivity contribution in [2.45, 2.75) is 45.6 Å². The first kappa shape index (κ1) is 15.0. The predicted octanol–water partition coefficient (Wildman–Crippen LogP) is 0.977. The maximum atomic E-state index is 12.0. The van der Waals surface area contributed by atoms with Crippen LogP contribution in [-0.2, 0) is 9.59 Å². The summed E-state index contributed by atoms with van der Waals surface area (Å²) in [5.74, 6) is -1.63. The first-order valence-electron chi connectivity index (χ1n) is 6.69. The molecule has 0 saturated heterocycles. The molecular formula is C13H24N2O3. The molecule has 0 spiro atoms. The highest BCUT2D eigenvalue weighted by molar-refractivity contribution is 5.80. The van der Waals surface area contributed by atoms with Crippen LogP contribution in [0, 0.1) is 17.8 Å². The molecule has 0 heterocycles. The molecule has 1 rings (SSSR count). The fourth-order valence-electron chi connectivity index (χ4n) is 2.43. The van der Waals surface area contributed by atoms with Gasteiger partial charge in [-0.15, -0.1) is 0 Å². The van der Waals surface area contributed by atoms with E-state index in [1.807, 2.05) is 13.8 Å². The minimum atomic E-state index is -0.863. The number of carboxylic acid groups (broad SMARTS) is 1. The van der Waals surface area contributed by atoms with Crippen molar-refractivity contribution in [3.8, 4) is 0 Å². The highest BCUT2D eigenvalue weighted by atomic mass is 16.4. The zero-order valence-electron chi connectivity index (χ0n) is 11.2. The van der Waals surface area contributed by atoms with Crippen LogP contribution < -0.4 is 11.1 Å². The molecule has 1 aliphatic carbocycles. The Hall–Kier alpha value is -1.10. The summed E-state index contributed by atoms with van der Waals surface area (Å²) in [7, 11) is 0. The molecule has 0 radical (unpaired) electrons. The van der Waals surface area contributed by atoms with E-state index in [-0.39, 0.29) is 30.3 Å². The quantitative estimate of drug-likeness (QED) is 0.683. The van der Waals surface area contributed by atoms with Gasteiger partial charge in [0, 0.05) is 12.6 Å². The minimum absolute atomic E-state index is 0.00262. The molecule has 0 bridgehead atoms. The number of carboxylic acids is 1. The third kappa shape index (κ3) is 3.98. The molecule has 1 fully saturated rings. The van der Waals surface area contributed by atoms with Gasteiger partial charge in [0.2, 0.25) is 5.91 Å². The first-order chi connectivity index (χ1) is 8.43. The number of hydrogen-bond acceptors (Lipinski definition) is 3. The van der Waals surface area contributed by atoms with E-state index < -0.39 is 11.9 Å². The van der Waals surface area contributed by atoms with Gasteiger partial charge in [-0.05, 0) is 18.8 Å². The summed E-state index contributed by atoms with van der Waals surface area (Å²) in [6, 6.07) is -0.0823. The SMILES string of the molecule is CC(C)C(CNC(=O)C1CCCCC1N)C(=O)O. The van der Waals surface area contributed by atoms with Crippen LogP contribution in [0.1, 0.15) is 39.5 Å². The molecule has 1 amide bonds. The van der Waals surface area contributed by atoms with Gasteiger partial charge in [-0.3, -0.25) is 9.59 Å². The number of aliphatic carboxylic acids is 1. The van der Waals surface area contributed by atoms with Crippen molar-refractivity contribution in [3.05, 3.63) is 0 Å². The van der Waals surface area contributed by atoms with Crippen molar-refractivity contribution in [1.82, 2.24) is 5.32 Å². The summed E-state index contributed by atoms with van der Waals surface area (Å²) < 4.78 is 0. The molecule has 3 unspecified atom stereocenters. The highest BCUT2D eigenvalue weighted by Crippen LogP contribution is 2.23. The molecule has 5 heteroatoms. The Morgan fingerprint density at radius 2 is 1.94 bits per heavy atom. The van der Waals surface area contributed by atoms with Crippen molar-refractivity contribution < 1.29 is 14.7 Å². The average molecular weight is 256 g/mol. The molecular weight excluding hydrogens is 232 g/mol. The largest absolute Gasteiger partial charge is 0.481 e. The molecule has 3 atom stereocenters. The van der Waals surface area contributed by atoms with Crippen molar-refractivity contribution in [3.63, 3.8) is 0 Å². The van der Waals surface area contributed by atoms with Crippen LogP contribution in [-0.4, -0.2) is 29.6 Å². The van der Waals surface area contributed by atoms with Crippen molar-refractivity contribution in [1.29, 1.82) is 0 Å². The smallest absolute Gasteiger partial charge is 0.308 e. The Morgan fingerprint density at radius 3 is 2.44 bits per heavy atom. The van der Waals surface area contributed by atoms with Gasteiger partial charge in [0.05, 0.1) is 11.8 Å². The highest BCUT2D eigenvalue weighted by Gasteiger charge is 2.29. The van der Waals surface area contributed by atoms with Crippen LogP contribution in [0.3, 0.4) is 0 Å². The van der Waals surface area contributed by atoms with E-state index in [1.54, 1.807) is 0 Å². The molecule has 0 aliphatic heterocycles. The lowest BCUT2D eigenvalue weighted by Gasteiger charge is -2.28. The van der Waals surface area contributed by atoms with Crippen LogP contribution >= 0.6 is 0 Å². The third-order valence-electron chi connectivity index (χ3n) is 3.77. The molecule has 5 nitrogen and oxygen atoms in total. The topological polar surface area (TPSA) is 92.4 Å². The number of carbonyl (C=O) groups excluding carboxylic acids is 1. The zero-order chi connectivity index (χ0) is 13.7. The number of nitrogens with two attached hydrogens (primary N) is 1. The maximum Gasteiger partial charge on any atom is 0.308 e. The van der Waals surface area contributed by atoms with Gasteiger partial charge >= 0.3 is 5.97 Å². The molecule has 0 aromatic carbocycles. The summed E-state index contributed by atoms with van der Waals surface area (Å²) >= 11 is 0. The van der Waals surface area contributed by atoms with Crippen LogP contribution in [0.25, 0.3) is 0 Å². The summed E-state index contributed by atoms with van der Waals surface area (Å²) in [5.41, 5.74) is 5.93. The van der Waals surface area contributed by atoms with Crippen LogP contribution in [0.2, 0.25) is 0 Å². The maximum absolute atomic E-state index is 12.0.